The van der Waals surface area contributed by atoms with Gasteiger partial charge in [-0.25, -0.2) is 0 Å². The van der Waals surface area contributed by atoms with E-state index < -0.39 is 6.04 Å². The fourth-order valence-corrected chi connectivity index (χ4v) is 2.02. The molecule has 1 aromatic rings. The molecule has 0 aromatic heterocycles. The first-order chi connectivity index (χ1) is 6.61. The van der Waals surface area contributed by atoms with Gasteiger partial charge < -0.3 is 0 Å². The molecule has 0 bridgehead atoms. The highest BCUT2D eigenvalue weighted by atomic mass is 32.2. The Morgan fingerprint density at radius 2 is 1.86 bits per heavy atom. The third kappa shape index (κ3) is 3.03. The van der Waals surface area contributed by atoms with Gasteiger partial charge in [-0.15, -0.1) is 11.8 Å². The molecular formula is C10H13NO2S. The molecule has 1 aromatic carbocycles. The number of hydrogen-bond acceptors (Lipinski definition) is 3. The zero-order valence-corrected chi connectivity index (χ0v) is 9.03. The van der Waals surface area contributed by atoms with Crippen LogP contribution in [-0.2, 0) is 0 Å². The van der Waals surface area contributed by atoms with Crippen molar-refractivity contribution in [3.8, 4) is 0 Å². The van der Waals surface area contributed by atoms with Crippen molar-refractivity contribution in [2.75, 3.05) is 0 Å². The van der Waals surface area contributed by atoms with E-state index in [-0.39, 0.29) is 10.2 Å². The van der Waals surface area contributed by atoms with E-state index in [0.29, 0.717) is 0 Å². The molecule has 76 valence electrons. The molecule has 0 heterocycles. The van der Waals surface area contributed by atoms with E-state index in [1.165, 1.54) is 11.8 Å². The predicted molar refractivity (Wildman–Crippen MR) is 58.2 cm³/mol. The van der Waals surface area contributed by atoms with E-state index in [4.69, 9.17) is 0 Å². The maximum Gasteiger partial charge on any atom is 0.222 e. The minimum absolute atomic E-state index is 0.00704. The lowest BCUT2D eigenvalue weighted by atomic mass is 10.3. The third-order valence-corrected chi connectivity index (χ3v) is 3.39. The van der Waals surface area contributed by atoms with E-state index in [1.807, 2.05) is 37.3 Å². The van der Waals surface area contributed by atoms with Crippen LogP contribution in [0.4, 0.5) is 0 Å². The first kappa shape index (κ1) is 11.0. The fourth-order valence-electron chi connectivity index (χ4n) is 0.984. The number of benzene rings is 1. The summed E-state index contributed by atoms with van der Waals surface area (Å²) in [7, 11) is 0. The van der Waals surface area contributed by atoms with Gasteiger partial charge in [-0.05, 0) is 19.1 Å². The van der Waals surface area contributed by atoms with Gasteiger partial charge in [0.1, 0.15) is 0 Å². The van der Waals surface area contributed by atoms with Crippen molar-refractivity contribution in [3.63, 3.8) is 0 Å². The Kier molecular flexibility index (Phi) is 3.95. The summed E-state index contributed by atoms with van der Waals surface area (Å²) in [6.45, 7) is 3.52. The first-order valence-corrected chi connectivity index (χ1v) is 5.34. The second-order valence-corrected chi connectivity index (χ2v) is 4.61. The van der Waals surface area contributed by atoms with Crippen LogP contribution in [0.3, 0.4) is 0 Å². The highest BCUT2D eigenvalue weighted by Crippen LogP contribution is 2.25. The van der Waals surface area contributed by atoms with Crippen molar-refractivity contribution in [3.05, 3.63) is 40.4 Å². The third-order valence-electron chi connectivity index (χ3n) is 2.08. The van der Waals surface area contributed by atoms with Crippen LogP contribution in [-0.4, -0.2) is 16.2 Å². The van der Waals surface area contributed by atoms with Gasteiger partial charge in [0.05, 0.1) is 5.25 Å². The van der Waals surface area contributed by atoms with E-state index in [1.54, 1.807) is 6.92 Å². The number of nitrogens with zero attached hydrogens (tertiary/aromatic N) is 1. The summed E-state index contributed by atoms with van der Waals surface area (Å²) in [5.41, 5.74) is 0. The van der Waals surface area contributed by atoms with Gasteiger partial charge in [0.2, 0.25) is 6.04 Å². The highest BCUT2D eigenvalue weighted by Gasteiger charge is 2.22. The van der Waals surface area contributed by atoms with Gasteiger partial charge in [0.15, 0.2) is 0 Å². The topological polar surface area (TPSA) is 43.1 Å². The van der Waals surface area contributed by atoms with Crippen molar-refractivity contribution >= 4 is 11.8 Å². The summed E-state index contributed by atoms with van der Waals surface area (Å²) in [6, 6.07) is 9.23. The van der Waals surface area contributed by atoms with E-state index in [9.17, 15) is 10.1 Å². The Morgan fingerprint density at radius 3 is 2.36 bits per heavy atom. The van der Waals surface area contributed by atoms with Crippen LogP contribution in [0, 0.1) is 10.1 Å². The molecule has 0 amide bonds. The molecule has 1 rings (SSSR count). The van der Waals surface area contributed by atoms with Gasteiger partial charge >= 0.3 is 0 Å². The monoisotopic (exact) mass is 211 g/mol. The van der Waals surface area contributed by atoms with E-state index >= 15 is 0 Å². The van der Waals surface area contributed by atoms with E-state index in [0.717, 1.165) is 4.90 Å². The van der Waals surface area contributed by atoms with Crippen molar-refractivity contribution in [2.45, 2.75) is 30.0 Å². The quantitative estimate of drug-likeness (QED) is 0.437. The first-order valence-electron chi connectivity index (χ1n) is 4.46. The van der Waals surface area contributed by atoms with Crippen LogP contribution in [0.5, 0.6) is 0 Å². The van der Waals surface area contributed by atoms with Gasteiger partial charge in [-0.2, -0.15) is 0 Å². The second-order valence-electron chi connectivity index (χ2n) is 3.16. The van der Waals surface area contributed by atoms with Crippen LogP contribution in [0.25, 0.3) is 0 Å². The molecule has 0 spiro atoms. The Bertz CT molecular complexity index is 302. The second kappa shape index (κ2) is 5.00. The Labute approximate surface area is 87.7 Å². The van der Waals surface area contributed by atoms with Crippen molar-refractivity contribution < 1.29 is 4.92 Å². The average Bonchev–Trinajstić information content (AvgIpc) is 2.18. The molecule has 0 saturated carbocycles. The van der Waals surface area contributed by atoms with Gasteiger partial charge in [-0.1, -0.05) is 18.2 Å². The standard InChI is InChI=1S/C10H13NO2S/c1-8(11(12)13)9(2)14-10-6-4-3-5-7-10/h3-9H,1-2H3/t8-,9-/m0/s1. The lowest BCUT2D eigenvalue weighted by molar-refractivity contribution is -0.516. The Balaban J connectivity index is 2.57. The number of hydrogen-bond donors (Lipinski definition) is 0. The molecule has 14 heavy (non-hydrogen) atoms. The summed E-state index contributed by atoms with van der Waals surface area (Å²) in [6.07, 6.45) is 0. The number of nitro groups is 1. The van der Waals surface area contributed by atoms with Crippen LogP contribution < -0.4 is 0 Å². The maximum absolute atomic E-state index is 10.5. The molecule has 0 N–H and O–H groups in total. The smallest absolute Gasteiger partial charge is 0.222 e. The number of thioether (sulfide) groups is 1. The molecule has 4 heteroatoms. The largest absolute Gasteiger partial charge is 0.264 e. The minimum Gasteiger partial charge on any atom is -0.264 e. The molecule has 0 radical (unpaired) electrons. The molecule has 0 aliphatic heterocycles. The number of rotatable bonds is 4. The Hall–Kier alpha value is -1.03. The van der Waals surface area contributed by atoms with Crippen molar-refractivity contribution in [1.29, 1.82) is 0 Å². The van der Waals surface area contributed by atoms with Gasteiger partial charge in [0, 0.05) is 16.7 Å². The van der Waals surface area contributed by atoms with Gasteiger partial charge in [-0.3, -0.25) is 10.1 Å². The molecule has 0 aliphatic rings. The lowest BCUT2D eigenvalue weighted by Crippen LogP contribution is -2.25. The van der Waals surface area contributed by atoms with Crippen LogP contribution >= 0.6 is 11.8 Å². The fraction of sp³-hybridized carbons (Fsp3) is 0.400. The maximum atomic E-state index is 10.5. The molecule has 0 saturated heterocycles. The molecule has 0 aliphatic carbocycles. The molecule has 3 nitrogen and oxygen atoms in total. The zero-order valence-electron chi connectivity index (χ0n) is 8.21. The lowest BCUT2D eigenvalue weighted by Gasteiger charge is -2.12. The zero-order chi connectivity index (χ0) is 10.6. The molecule has 0 fully saturated rings. The van der Waals surface area contributed by atoms with Crippen LogP contribution in [0.1, 0.15) is 13.8 Å². The average molecular weight is 211 g/mol. The SMILES string of the molecule is C[C@H](Sc1ccccc1)[C@H](C)[N+](=O)[O-]. The van der Waals surface area contributed by atoms with E-state index in [2.05, 4.69) is 0 Å². The summed E-state index contributed by atoms with van der Waals surface area (Å²) >= 11 is 1.54. The van der Waals surface area contributed by atoms with Crippen LogP contribution in [0.15, 0.2) is 35.2 Å². The predicted octanol–water partition coefficient (Wildman–Crippen LogP) is 2.83. The van der Waals surface area contributed by atoms with Crippen molar-refractivity contribution in [2.24, 2.45) is 0 Å². The normalized spacial score (nSPS) is 14.7. The van der Waals surface area contributed by atoms with Gasteiger partial charge in [0.25, 0.3) is 0 Å². The summed E-state index contributed by atoms with van der Waals surface area (Å²) in [5, 5.41) is 10.5. The Morgan fingerprint density at radius 1 is 1.29 bits per heavy atom. The summed E-state index contributed by atoms with van der Waals surface area (Å²) in [4.78, 5) is 11.4. The molecular weight excluding hydrogens is 198 g/mol. The molecule has 0 unspecified atom stereocenters. The highest BCUT2D eigenvalue weighted by molar-refractivity contribution is 8.00. The van der Waals surface area contributed by atoms with Crippen LogP contribution in [0.2, 0.25) is 0 Å². The summed E-state index contributed by atoms with van der Waals surface area (Å²) < 4.78 is 0. The van der Waals surface area contributed by atoms with Crippen molar-refractivity contribution in [1.82, 2.24) is 0 Å². The molecule has 2 atom stereocenters. The summed E-state index contributed by atoms with van der Waals surface area (Å²) in [5.74, 6) is 0. The minimum atomic E-state index is -0.514.